The number of nitrogens with two attached hydrogens (primary N) is 1. The van der Waals surface area contributed by atoms with Gasteiger partial charge in [0.15, 0.2) is 5.96 Å². The van der Waals surface area contributed by atoms with Gasteiger partial charge in [-0.3, -0.25) is 9.89 Å². The SMILES string of the molecule is CN=C(N)NC1CN(C(C)C)C1. The van der Waals surface area contributed by atoms with Crippen LogP contribution >= 0.6 is 0 Å². The van der Waals surface area contributed by atoms with Gasteiger partial charge in [0.05, 0.1) is 6.04 Å². The summed E-state index contributed by atoms with van der Waals surface area (Å²) in [6.07, 6.45) is 0. The molecule has 4 heteroatoms. The summed E-state index contributed by atoms with van der Waals surface area (Å²) in [5.74, 6) is 0.545. The Labute approximate surface area is 73.8 Å². The monoisotopic (exact) mass is 170 g/mol. The highest BCUT2D eigenvalue weighted by Gasteiger charge is 2.28. The number of aliphatic imine (C=N–C) groups is 1. The number of rotatable bonds is 2. The van der Waals surface area contributed by atoms with Crippen molar-refractivity contribution in [2.24, 2.45) is 10.7 Å². The van der Waals surface area contributed by atoms with Gasteiger partial charge in [-0.15, -0.1) is 0 Å². The van der Waals surface area contributed by atoms with Crippen molar-refractivity contribution in [3.8, 4) is 0 Å². The highest BCUT2D eigenvalue weighted by atomic mass is 15.3. The van der Waals surface area contributed by atoms with E-state index >= 15 is 0 Å². The minimum absolute atomic E-state index is 0.496. The first kappa shape index (κ1) is 9.32. The van der Waals surface area contributed by atoms with Gasteiger partial charge in [-0.05, 0) is 13.8 Å². The summed E-state index contributed by atoms with van der Waals surface area (Å²) in [5.41, 5.74) is 5.53. The molecule has 0 aromatic rings. The largest absolute Gasteiger partial charge is 0.370 e. The van der Waals surface area contributed by atoms with Crippen molar-refractivity contribution >= 4 is 5.96 Å². The highest BCUT2D eigenvalue weighted by Crippen LogP contribution is 2.10. The molecular weight excluding hydrogens is 152 g/mol. The van der Waals surface area contributed by atoms with Crippen molar-refractivity contribution < 1.29 is 0 Å². The molecule has 3 N–H and O–H groups in total. The number of hydrogen-bond acceptors (Lipinski definition) is 2. The zero-order valence-corrected chi connectivity index (χ0v) is 8.04. The third-order valence-corrected chi connectivity index (χ3v) is 2.23. The van der Waals surface area contributed by atoms with Crippen LogP contribution in [0.1, 0.15) is 13.8 Å². The molecule has 70 valence electrons. The van der Waals surface area contributed by atoms with Crippen LogP contribution in [0.4, 0.5) is 0 Å². The summed E-state index contributed by atoms with van der Waals surface area (Å²) < 4.78 is 0. The molecule has 0 saturated carbocycles. The van der Waals surface area contributed by atoms with Crippen LogP contribution in [-0.4, -0.2) is 43.1 Å². The van der Waals surface area contributed by atoms with E-state index in [1.54, 1.807) is 7.05 Å². The van der Waals surface area contributed by atoms with E-state index in [0.717, 1.165) is 13.1 Å². The Bertz CT molecular complexity index is 170. The van der Waals surface area contributed by atoms with E-state index in [9.17, 15) is 0 Å². The minimum Gasteiger partial charge on any atom is -0.370 e. The van der Waals surface area contributed by atoms with E-state index in [2.05, 4.69) is 29.1 Å². The standard InChI is InChI=1S/C8H18N4/c1-6(2)12-4-7(5-12)11-8(9)10-3/h6-7H,4-5H2,1-3H3,(H3,9,10,11). The average molecular weight is 170 g/mol. The quantitative estimate of drug-likeness (QED) is 0.438. The summed E-state index contributed by atoms with van der Waals surface area (Å²) >= 11 is 0. The van der Waals surface area contributed by atoms with Gasteiger partial charge in [0, 0.05) is 26.2 Å². The third kappa shape index (κ3) is 2.11. The van der Waals surface area contributed by atoms with Gasteiger partial charge in [0.2, 0.25) is 0 Å². The van der Waals surface area contributed by atoms with Crippen molar-refractivity contribution in [2.45, 2.75) is 25.9 Å². The summed E-state index contributed by atoms with van der Waals surface area (Å²) in [5, 5.41) is 3.14. The maximum Gasteiger partial charge on any atom is 0.188 e. The minimum atomic E-state index is 0.496. The molecule has 0 amide bonds. The number of likely N-dealkylation sites (tertiary alicyclic amines) is 1. The Morgan fingerprint density at radius 2 is 2.17 bits per heavy atom. The van der Waals surface area contributed by atoms with Crippen LogP contribution in [0.3, 0.4) is 0 Å². The zero-order valence-electron chi connectivity index (χ0n) is 8.04. The van der Waals surface area contributed by atoms with Crippen molar-refractivity contribution in [3.05, 3.63) is 0 Å². The van der Waals surface area contributed by atoms with Gasteiger partial charge in [-0.25, -0.2) is 0 Å². The predicted molar refractivity (Wildman–Crippen MR) is 51.2 cm³/mol. The Hall–Kier alpha value is -0.770. The fraction of sp³-hybridized carbons (Fsp3) is 0.875. The molecule has 0 unspecified atom stereocenters. The lowest BCUT2D eigenvalue weighted by atomic mass is 10.1. The summed E-state index contributed by atoms with van der Waals surface area (Å²) in [7, 11) is 1.70. The number of guanidine groups is 1. The maximum atomic E-state index is 5.53. The van der Waals surface area contributed by atoms with Crippen molar-refractivity contribution in [1.82, 2.24) is 10.2 Å². The number of nitrogens with one attached hydrogen (secondary N) is 1. The van der Waals surface area contributed by atoms with E-state index in [1.807, 2.05) is 0 Å². The molecule has 0 spiro atoms. The van der Waals surface area contributed by atoms with Crippen LogP contribution in [0.5, 0.6) is 0 Å². The molecule has 1 aliphatic heterocycles. The summed E-state index contributed by atoms with van der Waals surface area (Å²) in [6, 6.07) is 1.14. The van der Waals surface area contributed by atoms with Gasteiger partial charge >= 0.3 is 0 Å². The second-order valence-electron chi connectivity index (χ2n) is 3.50. The summed E-state index contributed by atoms with van der Waals surface area (Å²) in [4.78, 5) is 6.23. The van der Waals surface area contributed by atoms with Crippen molar-refractivity contribution in [2.75, 3.05) is 20.1 Å². The first-order chi connectivity index (χ1) is 5.63. The molecule has 0 aromatic carbocycles. The molecule has 12 heavy (non-hydrogen) atoms. The molecule has 1 rings (SSSR count). The van der Waals surface area contributed by atoms with E-state index < -0.39 is 0 Å². The first-order valence-electron chi connectivity index (χ1n) is 4.36. The third-order valence-electron chi connectivity index (χ3n) is 2.23. The summed E-state index contributed by atoms with van der Waals surface area (Å²) in [6.45, 7) is 6.56. The van der Waals surface area contributed by atoms with Crippen LogP contribution in [0.2, 0.25) is 0 Å². The molecule has 0 atom stereocenters. The molecular formula is C8H18N4. The molecule has 0 aliphatic carbocycles. The van der Waals surface area contributed by atoms with Crippen LogP contribution in [0.15, 0.2) is 4.99 Å². The van der Waals surface area contributed by atoms with E-state index in [0.29, 0.717) is 18.0 Å². The smallest absolute Gasteiger partial charge is 0.188 e. The van der Waals surface area contributed by atoms with Gasteiger partial charge in [-0.2, -0.15) is 0 Å². The molecule has 0 aromatic heterocycles. The van der Waals surface area contributed by atoms with E-state index in [4.69, 9.17) is 5.73 Å². The molecule has 1 heterocycles. The molecule has 0 radical (unpaired) electrons. The van der Waals surface area contributed by atoms with E-state index in [-0.39, 0.29) is 0 Å². The Kier molecular flexibility index (Phi) is 2.92. The lowest BCUT2D eigenvalue weighted by Crippen LogP contribution is -2.62. The Morgan fingerprint density at radius 3 is 2.58 bits per heavy atom. The Morgan fingerprint density at radius 1 is 1.58 bits per heavy atom. The Balaban J connectivity index is 2.18. The van der Waals surface area contributed by atoms with Crippen LogP contribution in [0, 0.1) is 0 Å². The van der Waals surface area contributed by atoms with Crippen LogP contribution in [-0.2, 0) is 0 Å². The highest BCUT2D eigenvalue weighted by molar-refractivity contribution is 5.78. The zero-order chi connectivity index (χ0) is 9.14. The average Bonchev–Trinajstić information content (AvgIpc) is 1.94. The normalized spacial score (nSPS) is 21.2. The van der Waals surface area contributed by atoms with Gasteiger partial charge < -0.3 is 11.1 Å². The topological polar surface area (TPSA) is 53.6 Å². The molecule has 0 bridgehead atoms. The first-order valence-corrected chi connectivity index (χ1v) is 4.36. The molecule has 4 nitrogen and oxygen atoms in total. The molecule has 1 saturated heterocycles. The second-order valence-corrected chi connectivity index (χ2v) is 3.50. The van der Waals surface area contributed by atoms with Gasteiger partial charge in [0.25, 0.3) is 0 Å². The van der Waals surface area contributed by atoms with Gasteiger partial charge in [0.1, 0.15) is 0 Å². The maximum absolute atomic E-state index is 5.53. The lowest BCUT2D eigenvalue weighted by molar-refractivity contribution is 0.102. The fourth-order valence-corrected chi connectivity index (χ4v) is 1.30. The van der Waals surface area contributed by atoms with E-state index in [1.165, 1.54) is 0 Å². The van der Waals surface area contributed by atoms with Crippen LogP contribution in [0.25, 0.3) is 0 Å². The fourth-order valence-electron chi connectivity index (χ4n) is 1.30. The van der Waals surface area contributed by atoms with Gasteiger partial charge in [-0.1, -0.05) is 0 Å². The van der Waals surface area contributed by atoms with Crippen LogP contribution < -0.4 is 11.1 Å². The van der Waals surface area contributed by atoms with Crippen molar-refractivity contribution in [3.63, 3.8) is 0 Å². The molecule has 1 aliphatic rings. The lowest BCUT2D eigenvalue weighted by Gasteiger charge is -2.42. The number of nitrogens with zero attached hydrogens (tertiary/aromatic N) is 2. The number of hydrogen-bond donors (Lipinski definition) is 2. The van der Waals surface area contributed by atoms with Crippen molar-refractivity contribution in [1.29, 1.82) is 0 Å². The second kappa shape index (κ2) is 3.76. The predicted octanol–water partition coefficient (Wildman–Crippen LogP) is -0.387. The molecule has 1 fully saturated rings.